The number of carbonyl (C=O) groups excluding carboxylic acids is 1. The number of amides is 1. The zero-order valence-corrected chi connectivity index (χ0v) is 15.2. The summed E-state index contributed by atoms with van der Waals surface area (Å²) in [6, 6.07) is 20.8. The fourth-order valence-corrected chi connectivity index (χ4v) is 3.65. The van der Waals surface area contributed by atoms with Gasteiger partial charge in [-0.25, -0.2) is 0 Å². The first-order chi connectivity index (χ1) is 13.8. The Morgan fingerprint density at radius 2 is 1.43 bits per heavy atom. The van der Waals surface area contributed by atoms with Gasteiger partial charge < -0.3 is 19.5 Å². The Balaban J connectivity index is 1.48. The molecule has 140 valence electrons. The minimum atomic E-state index is -0.447. The number of carbonyl (C=O) groups is 1. The van der Waals surface area contributed by atoms with Crippen LogP contribution in [-0.2, 0) is 4.79 Å². The largest absolute Gasteiger partial charge is 0.490 e. The first-order valence-electron chi connectivity index (χ1n) is 9.36. The average Bonchev–Trinajstić information content (AvgIpc) is 2.97. The number of nitrogens with one attached hydrogen (secondary N) is 1. The summed E-state index contributed by atoms with van der Waals surface area (Å²) in [5.74, 6) is 2.22. The molecule has 2 heterocycles. The second-order valence-corrected chi connectivity index (χ2v) is 6.81. The molecule has 0 fully saturated rings. The van der Waals surface area contributed by atoms with Crippen molar-refractivity contribution in [2.45, 2.75) is 12.3 Å². The van der Waals surface area contributed by atoms with Crippen LogP contribution in [0.15, 0.2) is 66.7 Å². The van der Waals surface area contributed by atoms with E-state index in [0.29, 0.717) is 41.9 Å². The van der Waals surface area contributed by atoms with E-state index in [1.165, 1.54) is 0 Å². The summed E-state index contributed by atoms with van der Waals surface area (Å²) in [5.41, 5.74) is 2.39. The van der Waals surface area contributed by atoms with E-state index >= 15 is 0 Å². The van der Waals surface area contributed by atoms with Crippen LogP contribution in [0.2, 0.25) is 0 Å². The van der Waals surface area contributed by atoms with Gasteiger partial charge in [0.25, 0.3) is 0 Å². The molecule has 5 rings (SSSR count). The Kier molecular flexibility index (Phi) is 4.13. The lowest BCUT2D eigenvalue weighted by atomic mass is 9.87. The van der Waals surface area contributed by atoms with Crippen molar-refractivity contribution in [3.63, 3.8) is 0 Å². The first-order valence-corrected chi connectivity index (χ1v) is 9.36. The van der Waals surface area contributed by atoms with Gasteiger partial charge in [-0.05, 0) is 24.3 Å². The maximum absolute atomic E-state index is 13.3. The highest BCUT2D eigenvalue weighted by atomic mass is 16.5. The molecule has 5 nitrogen and oxygen atoms in total. The minimum absolute atomic E-state index is 0.113. The van der Waals surface area contributed by atoms with E-state index in [-0.39, 0.29) is 5.91 Å². The molecule has 28 heavy (non-hydrogen) atoms. The Hall–Kier alpha value is -3.47. The summed E-state index contributed by atoms with van der Waals surface area (Å²) < 4.78 is 17.4. The Bertz CT molecular complexity index is 1000. The zero-order valence-electron chi connectivity index (χ0n) is 15.2. The molecule has 0 saturated carbocycles. The number of hydrogen-bond donors (Lipinski definition) is 1. The third kappa shape index (κ3) is 2.95. The van der Waals surface area contributed by atoms with Crippen LogP contribution in [0.1, 0.15) is 23.5 Å². The molecule has 2 aliphatic rings. The molecule has 3 aromatic rings. The Morgan fingerprint density at radius 1 is 0.786 bits per heavy atom. The average molecular weight is 373 g/mol. The highest BCUT2D eigenvalue weighted by Crippen LogP contribution is 2.44. The Morgan fingerprint density at radius 3 is 2.14 bits per heavy atom. The number of hydrogen-bond acceptors (Lipinski definition) is 4. The van der Waals surface area contributed by atoms with E-state index in [1.807, 2.05) is 66.7 Å². The standard InChI is InChI=1S/C23H19NO4/c25-23(24-15-10-11-20-21(14-15)27-13-5-12-26-20)22-16-6-1-3-8-18(16)28-19-9-4-2-7-17(19)22/h1-4,6-11,14,22H,5,12-13H2,(H,24,25). The van der Waals surface area contributed by atoms with Crippen molar-refractivity contribution in [3.8, 4) is 23.0 Å². The fourth-order valence-electron chi connectivity index (χ4n) is 3.65. The van der Waals surface area contributed by atoms with Crippen LogP contribution in [0.3, 0.4) is 0 Å². The molecule has 0 aromatic heterocycles. The van der Waals surface area contributed by atoms with Gasteiger partial charge in [0, 0.05) is 29.3 Å². The van der Waals surface area contributed by atoms with Gasteiger partial charge in [-0.3, -0.25) is 4.79 Å². The molecule has 0 spiro atoms. The topological polar surface area (TPSA) is 56.8 Å². The van der Waals surface area contributed by atoms with Crippen molar-refractivity contribution in [2.75, 3.05) is 18.5 Å². The molecule has 0 radical (unpaired) electrons. The predicted octanol–water partition coefficient (Wildman–Crippen LogP) is 4.72. The number of anilines is 1. The van der Waals surface area contributed by atoms with E-state index in [9.17, 15) is 4.79 Å². The van der Waals surface area contributed by atoms with E-state index in [0.717, 1.165) is 17.5 Å². The van der Waals surface area contributed by atoms with Gasteiger partial charge in [-0.15, -0.1) is 0 Å². The summed E-state index contributed by atoms with van der Waals surface area (Å²) in [6.07, 6.45) is 0.839. The van der Waals surface area contributed by atoms with Crippen LogP contribution in [0, 0.1) is 0 Å². The van der Waals surface area contributed by atoms with Crippen LogP contribution in [-0.4, -0.2) is 19.1 Å². The number of rotatable bonds is 2. The molecule has 0 saturated heterocycles. The van der Waals surface area contributed by atoms with Gasteiger partial charge in [0.05, 0.1) is 19.1 Å². The maximum Gasteiger partial charge on any atom is 0.236 e. The molecule has 0 atom stereocenters. The van der Waals surface area contributed by atoms with Crippen LogP contribution >= 0.6 is 0 Å². The first kappa shape index (κ1) is 16.7. The van der Waals surface area contributed by atoms with Gasteiger partial charge in [0.15, 0.2) is 11.5 Å². The molecule has 1 amide bonds. The predicted molar refractivity (Wildman–Crippen MR) is 105 cm³/mol. The Labute approximate surface area is 162 Å². The molecule has 5 heteroatoms. The van der Waals surface area contributed by atoms with Crippen molar-refractivity contribution in [2.24, 2.45) is 0 Å². The van der Waals surface area contributed by atoms with Crippen molar-refractivity contribution in [3.05, 3.63) is 77.9 Å². The second kappa shape index (κ2) is 6.93. The highest BCUT2D eigenvalue weighted by Gasteiger charge is 2.32. The van der Waals surface area contributed by atoms with Crippen LogP contribution < -0.4 is 19.5 Å². The van der Waals surface area contributed by atoms with E-state index in [2.05, 4.69) is 5.32 Å². The van der Waals surface area contributed by atoms with Gasteiger partial charge in [-0.1, -0.05) is 36.4 Å². The number of benzene rings is 3. The molecular weight excluding hydrogens is 354 g/mol. The number of fused-ring (bicyclic) bond motifs is 3. The van der Waals surface area contributed by atoms with Crippen molar-refractivity contribution in [1.82, 2.24) is 0 Å². The molecular formula is C23H19NO4. The van der Waals surface area contributed by atoms with Crippen LogP contribution in [0.25, 0.3) is 0 Å². The summed E-state index contributed by atoms with van der Waals surface area (Å²) in [5, 5.41) is 3.03. The number of para-hydroxylation sites is 2. The van der Waals surface area contributed by atoms with Gasteiger partial charge in [0.2, 0.25) is 5.91 Å². The second-order valence-electron chi connectivity index (χ2n) is 6.81. The molecule has 0 unspecified atom stereocenters. The van der Waals surface area contributed by atoms with Crippen molar-refractivity contribution in [1.29, 1.82) is 0 Å². The monoisotopic (exact) mass is 373 g/mol. The lowest BCUT2D eigenvalue weighted by Gasteiger charge is -2.27. The molecule has 2 aliphatic heterocycles. The third-order valence-corrected chi connectivity index (χ3v) is 4.96. The van der Waals surface area contributed by atoms with E-state index in [1.54, 1.807) is 0 Å². The number of ether oxygens (including phenoxy) is 3. The normalized spacial score (nSPS) is 14.9. The zero-order chi connectivity index (χ0) is 18.9. The van der Waals surface area contributed by atoms with E-state index < -0.39 is 5.92 Å². The summed E-state index contributed by atoms with van der Waals surface area (Å²) in [7, 11) is 0. The smallest absolute Gasteiger partial charge is 0.236 e. The van der Waals surface area contributed by atoms with Gasteiger partial charge >= 0.3 is 0 Å². The van der Waals surface area contributed by atoms with Crippen LogP contribution in [0.5, 0.6) is 23.0 Å². The van der Waals surface area contributed by atoms with Crippen LogP contribution in [0.4, 0.5) is 5.69 Å². The van der Waals surface area contributed by atoms with Gasteiger partial charge in [-0.2, -0.15) is 0 Å². The van der Waals surface area contributed by atoms with E-state index in [4.69, 9.17) is 14.2 Å². The summed E-state index contributed by atoms with van der Waals surface area (Å²) in [6.45, 7) is 1.24. The SMILES string of the molecule is O=C(Nc1ccc2c(c1)OCCCO2)C1c2ccccc2Oc2ccccc21. The molecule has 0 bridgehead atoms. The minimum Gasteiger partial charge on any atom is -0.490 e. The van der Waals surface area contributed by atoms with Gasteiger partial charge in [0.1, 0.15) is 11.5 Å². The third-order valence-electron chi connectivity index (χ3n) is 4.96. The highest BCUT2D eigenvalue weighted by molar-refractivity contribution is 5.99. The molecule has 3 aromatic carbocycles. The lowest BCUT2D eigenvalue weighted by Crippen LogP contribution is -2.25. The summed E-state index contributed by atoms with van der Waals surface area (Å²) in [4.78, 5) is 13.3. The lowest BCUT2D eigenvalue weighted by molar-refractivity contribution is -0.116. The van der Waals surface area contributed by atoms with Crippen molar-refractivity contribution >= 4 is 11.6 Å². The maximum atomic E-state index is 13.3. The quantitative estimate of drug-likeness (QED) is 0.706. The fraction of sp³-hybridized carbons (Fsp3) is 0.174. The molecule has 0 aliphatic carbocycles. The summed E-state index contributed by atoms with van der Waals surface area (Å²) >= 11 is 0. The molecule has 1 N–H and O–H groups in total. The van der Waals surface area contributed by atoms with Crippen molar-refractivity contribution < 1.29 is 19.0 Å².